The second-order valence-electron chi connectivity index (χ2n) is 14.8. The summed E-state index contributed by atoms with van der Waals surface area (Å²) in [6.45, 7) is 4.51. The number of carbonyl (C=O) groups is 1. The van der Waals surface area contributed by atoms with Gasteiger partial charge in [0.25, 0.3) is 10.1 Å². The van der Waals surface area contributed by atoms with Gasteiger partial charge in [-0.05, 0) is 44.9 Å². The van der Waals surface area contributed by atoms with Crippen molar-refractivity contribution in [3.63, 3.8) is 0 Å². The molecule has 300 valence electrons. The molecule has 0 radical (unpaired) electrons. The van der Waals surface area contributed by atoms with E-state index in [1.165, 1.54) is 134 Å². The molecule has 0 aliphatic rings. The van der Waals surface area contributed by atoms with Gasteiger partial charge in [0.05, 0.1) is 17.9 Å². The second-order valence-corrected chi connectivity index (χ2v) is 16.2. The number of unbranched alkanes of at least 4 members (excludes halogenated alkanes) is 25. The highest BCUT2D eigenvalue weighted by Gasteiger charge is 2.27. The molecule has 4 N–H and O–H groups in total. The van der Waals surface area contributed by atoms with Crippen LogP contribution >= 0.6 is 0 Å². The van der Waals surface area contributed by atoms with Crippen molar-refractivity contribution in [1.82, 2.24) is 5.32 Å². The predicted molar refractivity (Wildman–Crippen MR) is 218 cm³/mol. The standard InChI is InChI=1S/C43H81NO6S/c1-3-5-7-9-11-13-15-17-19-21-22-24-26-28-30-32-34-36-38-42(46)43(47)44-40(39-51(48,49)50)41(45)37-35-33-31-29-27-25-23-20-18-16-14-12-10-8-6-4-2/h18,20,27,29,35,37,40-42,45-46H,3-17,19,21-26,28,30-34,36,38-39H2,1-2H3,(H,44,47)(H,48,49,50)/b20-18+,29-27+,37-35+. The van der Waals surface area contributed by atoms with Crippen molar-refractivity contribution in [3.8, 4) is 0 Å². The fraction of sp³-hybridized carbons (Fsp3) is 0.837. The Labute approximate surface area is 315 Å². The van der Waals surface area contributed by atoms with E-state index in [4.69, 9.17) is 0 Å². The summed E-state index contributed by atoms with van der Waals surface area (Å²) in [5.41, 5.74) is 0. The van der Waals surface area contributed by atoms with Crippen LogP contribution in [0.15, 0.2) is 36.5 Å². The number of rotatable bonds is 38. The number of carbonyl (C=O) groups excluding carboxylic acids is 1. The van der Waals surface area contributed by atoms with Crippen molar-refractivity contribution >= 4 is 16.0 Å². The van der Waals surface area contributed by atoms with Gasteiger partial charge in [-0.2, -0.15) is 8.42 Å². The third kappa shape index (κ3) is 36.7. The largest absolute Gasteiger partial charge is 0.387 e. The highest BCUT2D eigenvalue weighted by Crippen LogP contribution is 2.15. The predicted octanol–water partition coefficient (Wildman–Crippen LogP) is 11.5. The molecule has 7 nitrogen and oxygen atoms in total. The summed E-state index contributed by atoms with van der Waals surface area (Å²) in [4.78, 5) is 12.6. The summed E-state index contributed by atoms with van der Waals surface area (Å²) in [5.74, 6) is -1.56. The maximum Gasteiger partial charge on any atom is 0.267 e. The van der Waals surface area contributed by atoms with E-state index in [1.54, 1.807) is 6.08 Å². The molecule has 0 heterocycles. The van der Waals surface area contributed by atoms with E-state index < -0.39 is 40.0 Å². The molecule has 0 spiro atoms. The van der Waals surface area contributed by atoms with E-state index in [9.17, 15) is 28.0 Å². The molecule has 0 rings (SSSR count). The number of aliphatic hydroxyl groups excluding tert-OH is 2. The smallest absolute Gasteiger partial charge is 0.267 e. The van der Waals surface area contributed by atoms with Gasteiger partial charge in [0.2, 0.25) is 5.91 Å². The lowest BCUT2D eigenvalue weighted by atomic mass is 10.0. The summed E-state index contributed by atoms with van der Waals surface area (Å²) in [5, 5.41) is 23.4. The second kappa shape index (κ2) is 36.9. The Balaban J connectivity index is 4.06. The van der Waals surface area contributed by atoms with Crippen LogP contribution in [0.4, 0.5) is 0 Å². The summed E-state index contributed by atoms with van der Waals surface area (Å²) < 4.78 is 32.5. The zero-order chi connectivity index (χ0) is 37.7. The average molecular weight is 740 g/mol. The Hall–Kier alpha value is -1.48. The van der Waals surface area contributed by atoms with Crippen LogP contribution in [0.5, 0.6) is 0 Å². The Kier molecular flexibility index (Phi) is 35.8. The van der Waals surface area contributed by atoms with E-state index in [0.29, 0.717) is 12.8 Å². The fourth-order valence-electron chi connectivity index (χ4n) is 6.37. The van der Waals surface area contributed by atoms with Crippen molar-refractivity contribution < 1.29 is 28.0 Å². The lowest BCUT2D eigenvalue weighted by Gasteiger charge is -2.22. The molecule has 3 unspecified atom stereocenters. The molecule has 0 aromatic carbocycles. The minimum atomic E-state index is -4.45. The van der Waals surface area contributed by atoms with E-state index in [2.05, 4.69) is 43.5 Å². The summed E-state index contributed by atoms with van der Waals surface area (Å²) in [6, 6.07) is -1.25. The molecular formula is C43H81NO6S. The van der Waals surface area contributed by atoms with Gasteiger partial charge in [-0.3, -0.25) is 9.35 Å². The number of hydrogen-bond donors (Lipinski definition) is 4. The first-order chi connectivity index (χ1) is 24.7. The monoisotopic (exact) mass is 740 g/mol. The van der Waals surface area contributed by atoms with E-state index in [-0.39, 0.29) is 6.42 Å². The Bertz CT molecular complexity index is 964. The molecule has 51 heavy (non-hydrogen) atoms. The Morgan fingerprint density at radius 2 is 0.882 bits per heavy atom. The summed E-state index contributed by atoms with van der Waals surface area (Å²) >= 11 is 0. The van der Waals surface area contributed by atoms with Gasteiger partial charge < -0.3 is 15.5 Å². The van der Waals surface area contributed by atoms with Crippen LogP contribution in [0.3, 0.4) is 0 Å². The molecule has 1 amide bonds. The molecule has 3 atom stereocenters. The number of aliphatic hydroxyl groups is 2. The minimum absolute atomic E-state index is 0.274. The first kappa shape index (κ1) is 49.5. The topological polar surface area (TPSA) is 124 Å². The molecule has 0 aromatic heterocycles. The molecule has 0 bridgehead atoms. The molecular weight excluding hydrogens is 659 g/mol. The van der Waals surface area contributed by atoms with Crippen molar-refractivity contribution in [1.29, 1.82) is 0 Å². The fourth-order valence-corrected chi connectivity index (χ4v) is 7.10. The van der Waals surface area contributed by atoms with E-state index in [1.807, 2.05) is 0 Å². The number of nitrogens with one attached hydrogen (secondary N) is 1. The van der Waals surface area contributed by atoms with Gasteiger partial charge in [-0.1, -0.05) is 198 Å². The van der Waals surface area contributed by atoms with Gasteiger partial charge in [0.1, 0.15) is 6.10 Å². The average Bonchev–Trinajstić information content (AvgIpc) is 3.09. The summed E-state index contributed by atoms with van der Waals surface area (Å²) in [6.07, 6.45) is 44.9. The number of allylic oxidation sites excluding steroid dienone is 5. The maximum absolute atomic E-state index is 12.6. The van der Waals surface area contributed by atoms with Crippen LogP contribution in [-0.2, 0) is 14.9 Å². The van der Waals surface area contributed by atoms with E-state index in [0.717, 1.165) is 44.9 Å². The molecule has 0 aliphatic heterocycles. The van der Waals surface area contributed by atoms with Gasteiger partial charge in [0.15, 0.2) is 0 Å². The first-order valence-electron chi connectivity index (χ1n) is 21.3. The van der Waals surface area contributed by atoms with Crippen molar-refractivity contribution in [2.24, 2.45) is 0 Å². The normalized spacial score (nSPS) is 14.2. The lowest BCUT2D eigenvalue weighted by Crippen LogP contribution is -2.50. The van der Waals surface area contributed by atoms with Crippen molar-refractivity contribution in [3.05, 3.63) is 36.5 Å². The van der Waals surface area contributed by atoms with Crippen LogP contribution in [0.2, 0.25) is 0 Å². The molecule has 0 fully saturated rings. The quantitative estimate of drug-likeness (QED) is 0.0284. The molecule has 0 aromatic rings. The minimum Gasteiger partial charge on any atom is -0.387 e. The lowest BCUT2D eigenvalue weighted by molar-refractivity contribution is -0.130. The van der Waals surface area contributed by atoms with Gasteiger partial charge >= 0.3 is 0 Å². The van der Waals surface area contributed by atoms with Crippen LogP contribution in [0, 0.1) is 0 Å². The SMILES string of the molecule is CCCCCCCC/C=C/CC/C=C/CC/C=C/C(O)C(CS(=O)(=O)O)NC(=O)C(O)CCCCCCCCCCCCCCCCCCCC. The van der Waals surface area contributed by atoms with Crippen molar-refractivity contribution in [2.75, 3.05) is 5.75 Å². The maximum atomic E-state index is 12.6. The highest BCUT2D eigenvalue weighted by atomic mass is 32.2. The third-order valence-corrected chi connectivity index (χ3v) is 10.4. The van der Waals surface area contributed by atoms with Gasteiger partial charge in [0, 0.05) is 0 Å². The van der Waals surface area contributed by atoms with Gasteiger partial charge in [-0.25, -0.2) is 0 Å². The first-order valence-corrected chi connectivity index (χ1v) is 22.9. The zero-order valence-electron chi connectivity index (χ0n) is 33.1. The summed E-state index contributed by atoms with van der Waals surface area (Å²) in [7, 11) is -4.45. The zero-order valence-corrected chi connectivity index (χ0v) is 33.9. The van der Waals surface area contributed by atoms with E-state index >= 15 is 0 Å². The highest BCUT2D eigenvalue weighted by molar-refractivity contribution is 7.85. The molecule has 8 heteroatoms. The molecule has 0 saturated heterocycles. The molecule has 0 saturated carbocycles. The Morgan fingerprint density at radius 1 is 0.529 bits per heavy atom. The number of amides is 1. The number of hydrogen-bond acceptors (Lipinski definition) is 5. The Morgan fingerprint density at radius 3 is 1.29 bits per heavy atom. The van der Waals surface area contributed by atoms with Crippen molar-refractivity contribution in [2.45, 2.75) is 225 Å². The third-order valence-electron chi connectivity index (χ3n) is 9.65. The van der Waals surface area contributed by atoms with Crippen LogP contribution < -0.4 is 5.32 Å². The van der Waals surface area contributed by atoms with Crippen LogP contribution in [0.1, 0.15) is 206 Å². The molecule has 0 aliphatic carbocycles. The van der Waals surface area contributed by atoms with Crippen LogP contribution in [0.25, 0.3) is 0 Å². The van der Waals surface area contributed by atoms with Crippen LogP contribution in [-0.4, -0.2) is 53.1 Å². The van der Waals surface area contributed by atoms with Gasteiger partial charge in [-0.15, -0.1) is 0 Å².